The van der Waals surface area contributed by atoms with Crippen LogP contribution in [0.3, 0.4) is 0 Å². The fourth-order valence-corrected chi connectivity index (χ4v) is 2.16. The van der Waals surface area contributed by atoms with Crippen molar-refractivity contribution in [1.82, 2.24) is 9.97 Å². The van der Waals surface area contributed by atoms with Gasteiger partial charge in [-0.15, -0.1) is 0 Å². The SMILES string of the molecule is CCNc1nc(C(C)COC)nc(COC)c1I. The molecule has 1 N–H and O–H groups in total. The number of hydrogen-bond acceptors (Lipinski definition) is 5. The fourth-order valence-electron chi connectivity index (χ4n) is 1.57. The predicted octanol–water partition coefficient (Wildman–Crippen LogP) is 2.41. The third kappa shape index (κ3) is 4.03. The summed E-state index contributed by atoms with van der Waals surface area (Å²) in [5.41, 5.74) is 0.919. The van der Waals surface area contributed by atoms with Gasteiger partial charge in [-0.1, -0.05) is 6.92 Å². The highest BCUT2D eigenvalue weighted by molar-refractivity contribution is 14.1. The lowest BCUT2D eigenvalue weighted by molar-refractivity contribution is 0.175. The summed E-state index contributed by atoms with van der Waals surface area (Å²) in [6.07, 6.45) is 0. The monoisotopic (exact) mass is 365 g/mol. The van der Waals surface area contributed by atoms with Crippen LogP contribution in [0.5, 0.6) is 0 Å². The Morgan fingerprint density at radius 2 is 2.00 bits per heavy atom. The van der Waals surface area contributed by atoms with Gasteiger partial charge in [0.05, 0.1) is 22.5 Å². The lowest BCUT2D eigenvalue weighted by Gasteiger charge is -2.15. The van der Waals surface area contributed by atoms with Gasteiger partial charge in [-0.25, -0.2) is 9.97 Å². The minimum atomic E-state index is 0.167. The lowest BCUT2D eigenvalue weighted by Crippen LogP contribution is -2.14. The second-order valence-electron chi connectivity index (χ2n) is 4.01. The zero-order valence-corrected chi connectivity index (χ0v) is 13.4. The van der Waals surface area contributed by atoms with Gasteiger partial charge in [-0.3, -0.25) is 0 Å². The first kappa shape index (κ1) is 15.6. The second kappa shape index (κ2) is 7.85. The standard InChI is InChI=1S/C12H20IN3O2/c1-5-14-12-10(13)9(7-18-4)15-11(16-12)8(2)6-17-3/h8H,5-7H2,1-4H3,(H,14,15,16). The maximum absolute atomic E-state index is 5.18. The van der Waals surface area contributed by atoms with E-state index in [2.05, 4.69) is 44.8 Å². The predicted molar refractivity (Wildman–Crippen MR) is 79.9 cm³/mol. The van der Waals surface area contributed by atoms with Crippen molar-refractivity contribution in [2.75, 3.05) is 32.7 Å². The van der Waals surface area contributed by atoms with Crippen molar-refractivity contribution in [3.8, 4) is 0 Å². The number of nitrogens with one attached hydrogen (secondary N) is 1. The fraction of sp³-hybridized carbons (Fsp3) is 0.667. The van der Waals surface area contributed by atoms with Crippen LogP contribution in [-0.2, 0) is 16.1 Å². The van der Waals surface area contributed by atoms with Crippen LogP contribution in [0.2, 0.25) is 0 Å². The number of methoxy groups -OCH3 is 2. The van der Waals surface area contributed by atoms with Gasteiger partial charge in [-0.05, 0) is 29.5 Å². The van der Waals surface area contributed by atoms with Gasteiger partial charge in [0.1, 0.15) is 11.6 Å². The number of anilines is 1. The van der Waals surface area contributed by atoms with E-state index in [4.69, 9.17) is 9.47 Å². The Hall–Kier alpha value is -0.470. The first-order chi connectivity index (χ1) is 8.63. The normalized spacial score (nSPS) is 12.5. The van der Waals surface area contributed by atoms with Gasteiger partial charge < -0.3 is 14.8 Å². The van der Waals surface area contributed by atoms with Crippen molar-refractivity contribution >= 4 is 28.4 Å². The van der Waals surface area contributed by atoms with Gasteiger partial charge in [0.2, 0.25) is 0 Å². The van der Waals surface area contributed by atoms with Crippen LogP contribution in [0.1, 0.15) is 31.3 Å². The third-order valence-electron chi connectivity index (χ3n) is 2.42. The van der Waals surface area contributed by atoms with Gasteiger partial charge in [-0.2, -0.15) is 0 Å². The largest absolute Gasteiger partial charge is 0.384 e. The van der Waals surface area contributed by atoms with Crippen LogP contribution in [0.15, 0.2) is 0 Å². The van der Waals surface area contributed by atoms with E-state index in [1.54, 1.807) is 14.2 Å². The summed E-state index contributed by atoms with van der Waals surface area (Å²) in [6, 6.07) is 0. The molecule has 1 heterocycles. The highest BCUT2D eigenvalue weighted by Crippen LogP contribution is 2.23. The van der Waals surface area contributed by atoms with E-state index in [-0.39, 0.29) is 5.92 Å². The molecule has 0 fully saturated rings. The van der Waals surface area contributed by atoms with Crippen molar-refractivity contribution in [1.29, 1.82) is 0 Å². The molecule has 0 aliphatic rings. The molecule has 0 radical (unpaired) electrons. The molecule has 102 valence electrons. The third-order valence-corrected chi connectivity index (χ3v) is 3.55. The molecule has 0 aliphatic heterocycles. The Kier molecular flexibility index (Phi) is 6.80. The molecule has 6 heteroatoms. The van der Waals surface area contributed by atoms with E-state index >= 15 is 0 Å². The molecular weight excluding hydrogens is 345 g/mol. The molecule has 1 rings (SSSR count). The van der Waals surface area contributed by atoms with Crippen molar-refractivity contribution in [2.45, 2.75) is 26.4 Å². The molecule has 1 aromatic heterocycles. The van der Waals surface area contributed by atoms with E-state index in [1.165, 1.54) is 0 Å². The topological polar surface area (TPSA) is 56.3 Å². The molecule has 0 saturated carbocycles. The zero-order valence-electron chi connectivity index (χ0n) is 11.3. The van der Waals surface area contributed by atoms with Gasteiger partial charge in [0, 0.05) is 26.7 Å². The summed E-state index contributed by atoms with van der Waals surface area (Å²) in [4.78, 5) is 9.12. The smallest absolute Gasteiger partial charge is 0.143 e. The molecule has 1 atom stereocenters. The minimum Gasteiger partial charge on any atom is -0.384 e. The molecule has 0 amide bonds. The number of halogens is 1. The van der Waals surface area contributed by atoms with Crippen LogP contribution in [0.25, 0.3) is 0 Å². The maximum Gasteiger partial charge on any atom is 0.143 e. The number of aromatic nitrogens is 2. The van der Waals surface area contributed by atoms with Gasteiger partial charge in [0.25, 0.3) is 0 Å². The van der Waals surface area contributed by atoms with Crippen LogP contribution < -0.4 is 5.32 Å². The molecule has 0 saturated heterocycles. The summed E-state index contributed by atoms with van der Waals surface area (Å²) in [7, 11) is 3.35. The summed E-state index contributed by atoms with van der Waals surface area (Å²) in [6.45, 7) is 6.03. The van der Waals surface area contributed by atoms with E-state index < -0.39 is 0 Å². The van der Waals surface area contributed by atoms with E-state index in [9.17, 15) is 0 Å². The Morgan fingerprint density at radius 3 is 2.56 bits per heavy atom. The highest BCUT2D eigenvalue weighted by Gasteiger charge is 2.15. The number of ether oxygens (including phenoxy) is 2. The first-order valence-electron chi connectivity index (χ1n) is 5.92. The second-order valence-corrected chi connectivity index (χ2v) is 5.09. The molecule has 0 spiro atoms. The van der Waals surface area contributed by atoms with E-state index in [0.29, 0.717) is 13.2 Å². The van der Waals surface area contributed by atoms with Crippen LogP contribution in [0.4, 0.5) is 5.82 Å². The van der Waals surface area contributed by atoms with Crippen LogP contribution in [-0.4, -0.2) is 37.3 Å². The van der Waals surface area contributed by atoms with Crippen molar-refractivity contribution < 1.29 is 9.47 Å². The lowest BCUT2D eigenvalue weighted by atomic mass is 10.2. The quantitative estimate of drug-likeness (QED) is 0.753. The summed E-state index contributed by atoms with van der Waals surface area (Å²) in [5, 5.41) is 3.26. The summed E-state index contributed by atoms with van der Waals surface area (Å²) < 4.78 is 11.4. The van der Waals surface area contributed by atoms with Crippen molar-refractivity contribution in [3.05, 3.63) is 15.1 Å². The Labute approximate surface area is 122 Å². The van der Waals surface area contributed by atoms with E-state index in [0.717, 1.165) is 27.5 Å². The molecule has 0 aliphatic carbocycles. The molecule has 1 aromatic rings. The highest BCUT2D eigenvalue weighted by atomic mass is 127. The number of nitrogens with zero attached hydrogens (tertiary/aromatic N) is 2. The van der Waals surface area contributed by atoms with E-state index in [1.807, 2.05) is 6.92 Å². The average Bonchev–Trinajstić information content (AvgIpc) is 2.34. The minimum absolute atomic E-state index is 0.167. The summed E-state index contributed by atoms with van der Waals surface area (Å²) in [5.74, 6) is 1.83. The Bertz CT molecular complexity index is 361. The van der Waals surface area contributed by atoms with Crippen molar-refractivity contribution in [2.24, 2.45) is 0 Å². The number of rotatable bonds is 7. The van der Waals surface area contributed by atoms with Crippen molar-refractivity contribution in [3.63, 3.8) is 0 Å². The molecule has 0 bridgehead atoms. The number of hydrogen-bond donors (Lipinski definition) is 1. The molecule has 1 unspecified atom stereocenters. The van der Waals surface area contributed by atoms with Gasteiger partial charge in [0.15, 0.2) is 0 Å². The van der Waals surface area contributed by atoms with Crippen LogP contribution in [0, 0.1) is 3.57 Å². The molecule has 18 heavy (non-hydrogen) atoms. The maximum atomic E-state index is 5.18. The Morgan fingerprint density at radius 1 is 1.28 bits per heavy atom. The first-order valence-corrected chi connectivity index (χ1v) is 6.99. The average molecular weight is 365 g/mol. The summed E-state index contributed by atoms with van der Waals surface area (Å²) >= 11 is 2.25. The Balaban J connectivity index is 3.10. The molecule has 0 aromatic carbocycles. The zero-order chi connectivity index (χ0) is 13.5. The molecule has 5 nitrogen and oxygen atoms in total. The van der Waals surface area contributed by atoms with Crippen LogP contribution >= 0.6 is 22.6 Å². The molecular formula is C12H20IN3O2. The van der Waals surface area contributed by atoms with Gasteiger partial charge >= 0.3 is 0 Å².